The lowest BCUT2D eigenvalue weighted by atomic mass is 10.2. The molecular weight excluding hydrogens is 346 g/mol. The summed E-state index contributed by atoms with van der Waals surface area (Å²) in [7, 11) is 1.59. The van der Waals surface area contributed by atoms with Gasteiger partial charge < -0.3 is 19.7 Å². The summed E-state index contributed by atoms with van der Waals surface area (Å²) < 4.78 is 10.7. The first-order valence-electron chi connectivity index (χ1n) is 8.34. The van der Waals surface area contributed by atoms with Gasteiger partial charge in [-0.15, -0.1) is 0 Å². The van der Waals surface area contributed by atoms with Gasteiger partial charge in [0.1, 0.15) is 18.1 Å². The van der Waals surface area contributed by atoms with Crippen LogP contribution in [0.5, 0.6) is 11.5 Å². The Morgan fingerprint density at radius 1 is 1.07 bits per heavy atom. The second kappa shape index (κ2) is 9.82. The lowest BCUT2D eigenvalue weighted by Gasteiger charge is -2.20. The van der Waals surface area contributed by atoms with E-state index in [1.807, 2.05) is 6.07 Å². The van der Waals surface area contributed by atoms with Crippen molar-refractivity contribution in [3.05, 3.63) is 54.1 Å². The number of hydrogen-bond acceptors (Lipinski definition) is 5. The Balaban J connectivity index is 1.83. The van der Waals surface area contributed by atoms with Crippen LogP contribution < -0.4 is 14.8 Å². The number of nitriles is 1. The van der Waals surface area contributed by atoms with Crippen molar-refractivity contribution in [3.63, 3.8) is 0 Å². The van der Waals surface area contributed by atoms with Gasteiger partial charge in [-0.25, -0.2) is 0 Å². The fourth-order valence-electron chi connectivity index (χ4n) is 2.30. The van der Waals surface area contributed by atoms with E-state index in [1.165, 1.54) is 11.8 Å². The van der Waals surface area contributed by atoms with Gasteiger partial charge in [-0.1, -0.05) is 0 Å². The van der Waals surface area contributed by atoms with E-state index >= 15 is 0 Å². The van der Waals surface area contributed by atoms with Gasteiger partial charge >= 0.3 is 0 Å². The van der Waals surface area contributed by atoms with Crippen molar-refractivity contribution in [1.82, 2.24) is 4.90 Å². The van der Waals surface area contributed by atoms with Crippen LogP contribution in [0, 0.1) is 11.3 Å². The van der Waals surface area contributed by atoms with Crippen molar-refractivity contribution in [1.29, 1.82) is 5.26 Å². The molecule has 2 amide bonds. The fraction of sp³-hybridized carbons (Fsp3) is 0.250. The number of amides is 2. The van der Waals surface area contributed by atoms with Crippen LogP contribution in [0.15, 0.2) is 48.5 Å². The molecule has 2 aromatic rings. The molecule has 27 heavy (non-hydrogen) atoms. The Hall–Kier alpha value is -3.53. The number of methoxy groups -OCH3 is 1. The summed E-state index contributed by atoms with van der Waals surface area (Å²) in [5, 5.41) is 11.5. The largest absolute Gasteiger partial charge is 0.497 e. The van der Waals surface area contributed by atoms with Gasteiger partial charge in [0.25, 0.3) is 0 Å². The zero-order valence-corrected chi connectivity index (χ0v) is 15.3. The molecule has 0 atom stereocenters. The smallest absolute Gasteiger partial charge is 0.243 e. The standard InChI is InChI=1S/C20H21N3O4/c1-15(24)23(11-12-27-19-9-7-18(26-2)8-10-19)14-20(25)22-17-5-3-16(13-21)4-6-17/h3-10H,11-12,14H2,1-2H3,(H,22,25). The third-order valence-corrected chi connectivity index (χ3v) is 3.77. The van der Waals surface area contributed by atoms with Gasteiger partial charge in [0.05, 0.1) is 31.8 Å². The second-order valence-electron chi connectivity index (χ2n) is 5.70. The Morgan fingerprint density at radius 2 is 1.70 bits per heavy atom. The molecule has 2 aromatic carbocycles. The van der Waals surface area contributed by atoms with Crippen LogP contribution in [0.4, 0.5) is 5.69 Å². The molecule has 0 heterocycles. The summed E-state index contributed by atoms with van der Waals surface area (Å²) >= 11 is 0. The lowest BCUT2D eigenvalue weighted by molar-refractivity contribution is -0.133. The Bertz CT molecular complexity index is 811. The fourth-order valence-corrected chi connectivity index (χ4v) is 2.30. The molecule has 0 unspecified atom stereocenters. The van der Waals surface area contributed by atoms with Crippen LogP contribution in [0.1, 0.15) is 12.5 Å². The molecule has 0 bridgehead atoms. The van der Waals surface area contributed by atoms with Gasteiger partial charge in [0.15, 0.2) is 0 Å². The monoisotopic (exact) mass is 367 g/mol. The molecule has 0 spiro atoms. The van der Waals surface area contributed by atoms with E-state index in [0.717, 1.165) is 5.75 Å². The molecule has 0 saturated heterocycles. The third-order valence-electron chi connectivity index (χ3n) is 3.77. The number of anilines is 1. The predicted octanol–water partition coefficient (Wildman–Crippen LogP) is 2.43. The number of nitrogens with one attached hydrogen (secondary N) is 1. The highest BCUT2D eigenvalue weighted by Crippen LogP contribution is 2.17. The molecule has 0 aromatic heterocycles. The number of benzene rings is 2. The molecule has 0 aliphatic rings. The highest BCUT2D eigenvalue weighted by molar-refractivity contribution is 5.94. The van der Waals surface area contributed by atoms with Gasteiger partial charge in [0.2, 0.25) is 11.8 Å². The number of carbonyl (C=O) groups excluding carboxylic acids is 2. The molecular formula is C20H21N3O4. The van der Waals surface area contributed by atoms with Crippen molar-refractivity contribution in [3.8, 4) is 17.6 Å². The highest BCUT2D eigenvalue weighted by Gasteiger charge is 2.14. The lowest BCUT2D eigenvalue weighted by Crippen LogP contribution is -2.39. The van der Waals surface area contributed by atoms with Crippen molar-refractivity contribution >= 4 is 17.5 Å². The van der Waals surface area contributed by atoms with Crippen molar-refractivity contribution in [2.45, 2.75) is 6.92 Å². The van der Waals surface area contributed by atoms with Crippen LogP contribution in [0.2, 0.25) is 0 Å². The number of carbonyl (C=O) groups is 2. The van der Waals surface area contributed by atoms with E-state index < -0.39 is 0 Å². The maximum atomic E-state index is 12.2. The van der Waals surface area contributed by atoms with E-state index in [-0.39, 0.29) is 31.5 Å². The van der Waals surface area contributed by atoms with Crippen LogP contribution in [0.3, 0.4) is 0 Å². The minimum atomic E-state index is -0.320. The second-order valence-corrected chi connectivity index (χ2v) is 5.70. The summed E-state index contributed by atoms with van der Waals surface area (Å²) in [6.07, 6.45) is 0. The molecule has 0 saturated carbocycles. The Kier molecular flexibility index (Phi) is 7.20. The number of ether oxygens (including phenoxy) is 2. The first-order valence-corrected chi connectivity index (χ1v) is 8.34. The Morgan fingerprint density at radius 3 is 2.26 bits per heavy atom. The molecule has 2 rings (SSSR count). The minimum absolute atomic E-state index is 0.0820. The summed E-state index contributed by atoms with van der Waals surface area (Å²) in [5.74, 6) is 0.844. The van der Waals surface area contributed by atoms with Crippen LogP contribution >= 0.6 is 0 Å². The quantitative estimate of drug-likeness (QED) is 0.774. The van der Waals surface area contributed by atoms with Gasteiger partial charge in [0, 0.05) is 12.6 Å². The van der Waals surface area contributed by atoms with Gasteiger partial charge in [-0.05, 0) is 48.5 Å². The summed E-state index contributed by atoms with van der Waals surface area (Å²) in [6, 6.07) is 15.6. The van der Waals surface area contributed by atoms with Gasteiger partial charge in [-0.3, -0.25) is 9.59 Å². The SMILES string of the molecule is COc1ccc(OCCN(CC(=O)Nc2ccc(C#N)cc2)C(C)=O)cc1. The molecule has 7 nitrogen and oxygen atoms in total. The van der Waals surface area contributed by atoms with Crippen LogP contribution in [-0.4, -0.2) is 43.5 Å². The van der Waals surface area contributed by atoms with Crippen LogP contribution in [-0.2, 0) is 9.59 Å². The third kappa shape index (κ3) is 6.36. The molecule has 7 heteroatoms. The first kappa shape index (κ1) is 19.8. The molecule has 140 valence electrons. The Labute approximate surface area is 158 Å². The molecule has 0 aliphatic heterocycles. The van der Waals surface area contributed by atoms with E-state index in [9.17, 15) is 9.59 Å². The molecule has 0 radical (unpaired) electrons. The topological polar surface area (TPSA) is 91.7 Å². The van der Waals surface area contributed by atoms with Crippen molar-refractivity contribution < 1.29 is 19.1 Å². The highest BCUT2D eigenvalue weighted by atomic mass is 16.5. The maximum absolute atomic E-state index is 12.2. The van der Waals surface area contributed by atoms with E-state index in [0.29, 0.717) is 17.0 Å². The number of rotatable bonds is 8. The maximum Gasteiger partial charge on any atom is 0.243 e. The molecule has 0 fully saturated rings. The van der Waals surface area contributed by atoms with E-state index in [2.05, 4.69) is 5.32 Å². The molecule has 1 N–H and O–H groups in total. The van der Waals surface area contributed by atoms with Crippen molar-refractivity contribution in [2.75, 3.05) is 32.1 Å². The van der Waals surface area contributed by atoms with Crippen LogP contribution in [0.25, 0.3) is 0 Å². The normalized spacial score (nSPS) is 9.81. The summed E-state index contributed by atoms with van der Waals surface area (Å²) in [4.78, 5) is 25.3. The zero-order chi connectivity index (χ0) is 19.6. The number of nitrogens with zero attached hydrogens (tertiary/aromatic N) is 2. The van der Waals surface area contributed by atoms with E-state index in [4.69, 9.17) is 14.7 Å². The van der Waals surface area contributed by atoms with Gasteiger partial charge in [-0.2, -0.15) is 5.26 Å². The number of hydrogen-bond donors (Lipinski definition) is 1. The summed E-state index contributed by atoms with van der Waals surface area (Å²) in [6.45, 7) is 1.86. The first-order chi connectivity index (χ1) is 13.0. The summed E-state index contributed by atoms with van der Waals surface area (Å²) in [5.41, 5.74) is 1.08. The van der Waals surface area contributed by atoms with Crippen molar-refractivity contribution in [2.24, 2.45) is 0 Å². The minimum Gasteiger partial charge on any atom is -0.497 e. The van der Waals surface area contributed by atoms with E-state index in [1.54, 1.807) is 55.6 Å². The average Bonchev–Trinajstić information content (AvgIpc) is 2.68. The predicted molar refractivity (Wildman–Crippen MR) is 101 cm³/mol. The molecule has 0 aliphatic carbocycles. The average molecular weight is 367 g/mol. The zero-order valence-electron chi connectivity index (χ0n) is 15.3.